The van der Waals surface area contributed by atoms with Crippen LogP contribution >= 0.6 is 0 Å². The maximum absolute atomic E-state index is 6.01. The van der Waals surface area contributed by atoms with Gasteiger partial charge in [-0.2, -0.15) is 0 Å². The van der Waals surface area contributed by atoms with Crippen molar-refractivity contribution in [3.8, 4) is 0 Å². The summed E-state index contributed by atoms with van der Waals surface area (Å²) in [5.74, 6) is 1.26. The SMILES string of the molecule is C=C(c1cc2cccc(C)c2o1)c1ncc(C(C)C)cc1C. The van der Waals surface area contributed by atoms with E-state index in [0.717, 1.165) is 39.1 Å². The normalized spacial score (nSPS) is 11.3. The minimum Gasteiger partial charge on any atom is -0.456 e. The van der Waals surface area contributed by atoms with Crippen molar-refractivity contribution in [2.24, 2.45) is 0 Å². The highest BCUT2D eigenvalue weighted by atomic mass is 16.3. The van der Waals surface area contributed by atoms with Crippen LogP contribution in [0.3, 0.4) is 0 Å². The molecule has 2 heterocycles. The molecule has 0 amide bonds. The number of pyridine rings is 1. The highest BCUT2D eigenvalue weighted by molar-refractivity contribution is 5.86. The van der Waals surface area contributed by atoms with Crippen LogP contribution in [0.5, 0.6) is 0 Å². The molecule has 0 bridgehead atoms. The minimum atomic E-state index is 0.474. The molecule has 0 aliphatic carbocycles. The Balaban J connectivity index is 2.04. The van der Waals surface area contributed by atoms with Crippen LogP contribution in [0.15, 0.2) is 47.5 Å². The molecule has 0 aliphatic heterocycles. The van der Waals surface area contributed by atoms with E-state index >= 15 is 0 Å². The lowest BCUT2D eigenvalue weighted by atomic mass is 10.00. The average molecular weight is 291 g/mol. The zero-order chi connectivity index (χ0) is 15.9. The Bertz CT molecular complexity index is 855. The molecule has 112 valence electrons. The van der Waals surface area contributed by atoms with Gasteiger partial charge in [0.15, 0.2) is 0 Å². The van der Waals surface area contributed by atoms with Gasteiger partial charge < -0.3 is 4.42 Å². The van der Waals surface area contributed by atoms with Gasteiger partial charge in [0.25, 0.3) is 0 Å². The van der Waals surface area contributed by atoms with Crippen molar-refractivity contribution in [1.82, 2.24) is 4.98 Å². The van der Waals surface area contributed by atoms with Gasteiger partial charge in [-0.1, -0.05) is 44.7 Å². The molecule has 2 aromatic heterocycles. The fourth-order valence-electron chi connectivity index (χ4n) is 2.70. The standard InChI is InChI=1S/C20H21NO/c1-12(2)17-9-14(4)19(21-11-17)15(5)18-10-16-8-6-7-13(3)20(16)22-18/h6-12H,5H2,1-4H3. The highest BCUT2D eigenvalue weighted by Crippen LogP contribution is 2.30. The molecule has 2 heteroatoms. The number of aryl methyl sites for hydroxylation is 2. The molecule has 0 unspecified atom stereocenters. The maximum Gasteiger partial charge on any atom is 0.137 e. The largest absolute Gasteiger partial charge is 0.456 e. The van der Waals surface area contributed by atoms with E-state index in [4.69, 9.17) is 4.42 Å². The van der Waals surface area contributed by atoms with Crippen LogP contribution in [0, 0.1) is 13.8 Å². The number of furan rings is 1. The Morgan fingerprint density at radius 2 is 1.91 bits per heavy atom. The van der Waals surface area contributed by atoms with Gasteiger partial charge in [-0.25, -0.2) is 0 Å². The van der Waals surface area contributed by atoms with E-state index in [1.807, 2.05) is 18.3 Å². The van der Waals surface area contributed by atoms with E-state index in [9.17, 15) is 0 Å². The van der Waals surface area contributed by atoms with Crippen LogP contribution in [0.4, 0.5) is 0 Å². The third-order valence-corrected chi connectivity index (χ3v) is 4.09. The Labute approximate surface area is 131 Å². The first-order chi connectivity index (χ1) is 10.5. The first-order valence-corrected chi connectivity index (χ1v) is 7.62. The summed E-state index contributed by atoms with van der Waals surface area (Å²) >= 11 is 0. The number of nitrogens with zero attached hydrogens (tertiary/aromatic N) is 1. The maximum atomic E-state index is 6.01. The molecule has 0 saturated carbocycles. The van der Waals surface area contributed by atoms with E-state index in [1.54, 1.807) is 0 Å². The summed E-state index contributed by atoms with van der Waals surface area (Å²) in [7, 11) is 0. The zero-order valence-corrected chi connectivity index (χ0v) is 13.6. The summed E-state index contributed by atoms with van der Waals surface area (Å²) in [4.78, 5) is 4.61. The predicted octanol–water partition coefficient (Wildman–Crippen LogP) is 5.63. The van der Waals surface area contributed by atoms with Crippen molar-refractivity contribution in [3.05, 3.63) is 71.3 Å². The Morgan fingerprint density at radius 3 is 2.55 bits per heavy atom. The van der Waals surface area contributed by atoms with Gasteiger partial charge in [-0.05, 0) is 42.5 Å². The summed E-state index contributed by atoms with van der Waals surface area (Å²) in [6.07, 6.45) is 1.94. The Kier molecular flexibility index (Phi) is 3.61. The molecule has 3 aromatic rings. The molecule has 0 fully saturated rings. The molecule has 2 nitrogen and oxygen atoms in total. The van der Waals surface area contributed by atoms with Crippen molar-refractivity contribution < 1.29 is 4.42 Å². The summed E-state index contributed by atoms with van der Waals surface area (Å²) < 4.78 is 6.01. The van der Waals surface area contributed by atoms with Gasteiger partial charge in [-0.3, -0.25) is 4.98 Å². The van der Waals surface area contributed by atoms with Crippen LogP contribution in [-0.2, 0) is 0 Å². The van der Waals surface area contributed by atoms with Crippen molar-refractivity contribution in [3.63, 3.8) is 0 Å². The average Bonchev–Trinajstić information content (AvgIpc) is 2.92. The molecule has 0 N–H and O–H groups in total. The van der Waals surface area contributed by atoms with Crippen LogP contribution in [-0.4, -0.2) is 4.98 Å². The monoisotopic (exact) mass is 291 g/mol. The molecule has 22 heavy (non-hydrogen) atoms. The van der Waals surface area contributed by atoms with E-state index in [0.29, 0.717) is 5.92 Å². The third kappa shape index (κ3) is 2.45. The lowest BCUT2D eigenvalue weighted by Gasteiger charge is -2.10. The van der Waals surface area contributed by atoms with E-state index in [2.05, 4.69) is 57.5 Å². The Hall–Kier alpha value is -2.35. The molecule has 0 saturated heterocycles. The van der Waals surface area contributed by atoms with Gasteiger partial charge in [0.05, 0.1) is 5.69 Å². The number of hydrogen-bond donors (Lipinski definition) is 0. The fourth-order valence-corrected chi connectivity index (χ4v) is 2.70. The molecular formula is C20H21NO. The second-order valence-corrected chi connectivity index (χ2v) is 6.17. The smallest absolute Gasteiger partial charge is 0.137 e. The summed E-state index contributed by atoms with van der Waals surface area (Å²) in [5, 5.41) is 1.10. The molecule has 0 aliphatic rings. The van der Waals surface area contributed by atoms with Crippen LogP contribution in [0.25, 0.3) is 16.5 Å². The van der Waals surface area contributed by atoms with Crippen LogP contribution in [0.1, 0.15) is 47.9 Å². The minimum absolute atomic E-state index is 0.474. The number of fused-ring (bicyclic) bond motifs is 1. The molecule has 0 atom stereocenters. The molecule has 0 spiro atoms. The number of hydrogen-bond acceptors (Lipinski definition) is 2. The van der Waals surface area contributed by atoms with E-state index in [-0.39, 0.29) is 0 Å². The number of aromatic nitrogens is 1. The van der Waals surface area contributed by atoms with Gasteiger partial charge in [0.2, 0.25) is 0 Å². The molecule has 3 rings (SSSR count). The quantitative estimate of drug-likeness (QED) is 0.625. The van der Waals surface area contributed by atoms with Gasteiger partial charge >= 0.3 is 0 Å². The predicted molar refractivity (Wildman–Crippen MR) is 92.2 cm³/mol. The lowest BCUT2D eigenvalue weighted by molar-refractivity contribution is 0.597. The second kappa shape index (κ2) is 5.45. The zero-order valence-electron chi connectivity index (χ0n) is 13.6. The lowest BCUT2D eigenvalue weighted by Crippen LogP contribution is -1.97. The first-order valence-electron chi connectivity index (χ1n) is 7.62. The van der Waals surface area contributed by atoms with Crippen LogP contribution in [0.2, 0.25) is 0 Å². The topological polar surface area (TPSA) is 26.0 Å². The summed E-state index contributed by atoms with van der Waals surface area (Å²) in [6.45, 7) is 12.7. The summed E-state index contributed by atoms with van der Waals surface area (Å²) in [5.41, 5.74) is 6.18. The summed E-state index contributed by atoms with van der Waals surface area (Å²) in [6, 6.07) is 10.4. The van der Waals surface area contributed by atoms with E-state index in [1.165, 1.54) is 5.56 Å². The molecule has 1 aromatic carbocycles. The highest BCUT2D eigenvalue weighted by Gasteiger charge is 2.14. The van der Waals surface area contributed by atoms with Gasteiger partial charge in [-0.15, -0.1) is 0 Å². The third-order valence-electron chi connectivity index (χ3n) is 4.09. The first kappa shape index (κ1) is 14.6. The Morgan fingerprint density at radius 1 is 1.14 bits per heavy atom. The number of rotatable bonds is 3. The molecular weight excluding hydrogens is 270 g/mol. The number of benzene rings is 1. The van der Waals surface area contributed by atoms with Crippen molar-refractivity contribution in [2.45, 2.75) is 33.6 Å². The van der Waals surface area contributed by atoms with Crippen molar-refractivity contribution >= 4 is 16.5 Å². The fraction of sp³-hybridized carbons (Fsp3) is 0.250. The molecule has 0 radical (unpaired) electrons. The van der Waals surface area contributed by atoms with Gasteiger partial charge in [0, 0.05) is 17.2 Å². The van der Waals surface area contributed by atoms with Crippen molar-refractivity contribution in [2.75, 3.05) is 0 Å². The second-order valence-electron chi connectivity index (χ2n) is 6.17. The van der Waals surface area contributed by atoms with Crippen molar-refractivity contribution in [1.29, 1.82) is 0 Å². The van der Waals surface area contributed by atoms with Gasteiger partial charge in [0.1, 0.15) is 11.3 Å². The van der Waals surface area contributed by atoms with Crippen LogP contribution < -0.4 is 0 Å². The van der Waals surface area contributed by atoms with E-state index < -0.39 is 0 Å². The number of para-hydroxylation sites is 1.